The summed E-state index contributed by atoms with van der Waals surface area (Å²) in [5.41, 5.74) is 3.17. The molecule has 2 aromatic carbocycles. The van der Waals surface area contributed by atoms with Crippen molar-refractivity contribution in [2.24, 2.45) is 0 Å². The Hall–Kier alpha value is -2.75. The smallest absolute Gasteiger partial charge is 0.335 e. The topological polar surface area (TPSA) is 55.8 Å². The van der Waals surface area contributed by atoms with Gasteiger partial charge in [-0.15, -0.1) is 0 Å². The van der Waals surface area contributed by atoms with E-state index in [-0.39, 0.29) is 12.2 Å². The molecule has 1 aliphatic heterocycles. The van der Waals surface area contributed by atoms with Crippen LogP contribution >= 0.6 is 0 Å². The molecule has 3 rings (SSSR count). The minimum Gasteiger partial charge on any atom is -0.488 e. The number of aliphatic carboxylic acids is 1. The Bertz CT molecular complexity index is 775. The van der Waals surface area contributed by atoms with E-state index in [1.807, 2.05) is 38.1 Å². The van der Waals surface area contributed by atoms with E-state index in [2.05, 4.69) is 0 Å². The second kappa shape index (κ2) is 5.56. The predicted molar refractivity (Wildman–Crippen MR) is 83.5 cm³/mol. The molecule has 0 saturated carbocycles. The van der Waals surface area contributed by atoms with Crippen LogP contribution in [0.4, 0.5) is 0 Å². The highest BCUT2D eigenvalue weighted by atomic mass is 16.5. The standard InChI is InChI=1S/C18H16O4/c1-11-3-4-12(2)16(7-11)22-15-6-5-13-8-14(18(19)20)10-21-17(13)9-15/h3-9H,10H2,1-2H3,(H,19,20). The molecule has 1 heterocycles. The molecule has 4 nitrogen and oxygen atoms in total. The quantitative estimate of drug-likeness (QED) is 0.931. The number of carboxylic acids is 1. The summed E-state index contributed by atoms with van der Waals surface area (Å²) in [4.78, 5) is 11.0. The third-order valence-electron chi connectivity index (χ3n) is 3.54. The molecule has 2 aromatic rings. The van der Waals surface area contributed by atoms with Gasteiger partial charge in [-0.25, -0.2) is 4.79 Å². The Morgan fingerprint density at radius 3 is 2.77 bits per heavy atom. The first kappa shape index (κ1) is 14.2. The predicted octanol–water partition coefficient (Wildman–Crippen LogP) is 3.96. The molecule has 0 unspecified atom stereocenters. The molecule has 0 atom stereocenters. The van der Waals surface area contributed by atoms with Crippen molar-refractivity contribution in [3.8, 4) is 17.2 Å². The lowest BCUT2D eigenvalue weighted by molar-refractivity contribution is -0.132. The van der Waals surface area contributed by atoms with Crippen LogP contribution in [-0.2, 0) is 4.79 Å². The van der Waals surface area contributed by atoms with Crippen LogP contribution < -0.4 is 9.47 Å². The summed E-state index contributed by atoms with van der Waals surface area (Å²) in [6.07, 6.45) is 1.63. The summed E-state index contributed by atoms with van der Waals surface area (Å²) in [6, 6.07) is 11.4. The van der Waals surface area contributed by atoms with Crippen LogP contribution in [0.15, 0.2) is 42.0 Å². The third-order valence-corrected chi connectivity index (χ3v) is 3.54. The Kier molecular flexibility index (Phi) is 3.59. The first-order valence-corrected chi connectivity index (χ1v) is 6.99. The molecule has 22 heavy (non-hydrogen) atoms. The number of ether oxygens (including phenoxy) is 2. The van der Waals surface area contributed by atoms with Gasteiger partial charge in [0.15, 0.2) is 0 Å². The average Bonchev–Trinajstić information content (AvgIpc) is 2.50. The van der Waals surface area contributed by atoms with E-state index in [1.54, 1.807) is 18.2 Å². The Labute approximate surface area is 128 Å². The van der Waals surface area contributed by atoms with Crippen molar-refractivity contribution in [2.45, 2.75) is 13.8 Å². The Morgan fingerprint density at radius 1 is 1.18 bits per heavy atom. The zero-order valence-corrected chi connectivity index (χ0v) is 12.4. The van der Waals surface area contributed by atoms with Crippen LogP contribution in [0.2, 0.25) is 0 Å². The number of rotatable bonds is 3. The van der Waals surface area contributed by atoms with E-state index < -0.39 is 5.97 Å². The molecule has 0 spiro atoms. The summed E-state index contributed by atoms with van der Waals surface area (Å²) in [6.45, 7) is 4.07. The van der Waals surface area contributed by atoms with E-state index >= 15 is 0 Å². The number of carboxylic acid groups (broad SMARTS) is 1. The second-order valence-corrected chi connectivity index (χ2v) is 5.33. The monoisotopic (exact) mass is 296 g/mol. The zero-order chi connectivity index (χ0) is 15.7. The molecular formula is C18H16O4. The molecule has 0 amide bonds. The molecule has 0 saturated heterocycles. The summed E-state index contributed by atoms with van der Waals surface area (Å²) in [5, 5.41) is 9.00. The second-order valence-electron chi connectivity index (χ2n) is 5.33. The fourth-order valence-corrected chi connectivity index (χ4v) is 2.28. The highest BCUT2D eigenvalue weighted by molar-refractivity contribution is 5.93. The lowest BCUT2D eigenvalue weighted by Gasteiger charge is -2.17. The Balaban J connectivity index is 1.89. The number of carbonyl (C=O) groups is 1. The van der Waals surface area contributed by atoms with Gasteiger partial charge in [0.1, 0.15) is 23.9 Å². The molecule has 0 radical (unpaired) electrons. The largest absolute Gasteiger partial charge is 0.488 e. The van der Waals surface area contributed by atoms with Gasteiger partial charge in [0.05, 0.1) is 5.57 Å². The third kappa shape index (κ3) is 2.81. The van der Waals surface area contributed by atoms with Gasteiger partial charge in [-0.3, -0.25) is 0 Å². The lowest BCUT2D eigenvalue weighted by Crippen LogP contribution is -2.14. The average molecular weight is 296 g/mol. The fraction of sp³-hybridized carbons (Fsp3) is 0.167. The molecule has 0 bridgehead atoms. The number of aryl methyl sites for hydroxylation is 2. The molecule has 0 aromatic heterocycles. The van der Waals surface area contributed by atoms with Crippen LogP contribution in [0.1, 0.15) is 16.7 Å². The van der Waals surface area contributed by atoms with Gasteiger partial charge < -0.3 is 14.6 Å². The summed E-state index contributed by atoms with van der Waals surface area (Å²) in [5.74, 6) is 1.14. The van der Waals surface area contributed by atoms with E-state index in [4.69, 9.17) is 14.6 Å². The van der Waals surface area contributed by atoms with Crippen LogP contribution in [0, 0.1) is 13.8 Å². The molecule has 0 aliphatic carbocycles. The van der Waals surface area contributed by atoms with Gasteiger partial charge in [0, 0.05) is 11.6 Å². The van der Waals surface area contributed by atoms with Gasteiger partial charge in [0.2, 0.25) is 0 Å². The van der Waals surface area contributed by atoms with Crippen LogP contribution in [0.5, 0.6) is 17.2 Å². The highest BCUT2D eigenvalue weighted by Gasteiger charge is 2.17. The van der Waals surface area contributed by atoms with Crippen molar-refractivity contribution in [1.82, 2.24) is 0 Å². The summed E-state index contributed by atoms with van der Waals surface area (Å²) < 4.78 is 11.4. The highest BCUT2D eigenvalue weighted by Crippen LogP contribution is 2.33. The molecule has 0 fully saturated rings. The zero-order valence-electron chi connectivity index (χ0n) is 12.4. The maximum absolute atomic E-state index is 11.0. The summed E-state index contributed by atoms with van der Waals surface area (Å²) in [7, 11) is 0. The van der Waals surface area contributed by atoms with Gasteiger partial charge in [-0.05, 0) is 49.2 Å². The van der Waals surface area contributed by atoms with Gasteiger partial charge in [-0.2, -0.15) is 0 Å². The normalized spacial score (nSPS) is 12.9. The van der Waals surface area contributed by atoms with E-state index in [0.29, 0.717) is 11.5 Å². The molecular weight excluding hydrogens is 280 g/mol. The lowest BCUT2D eigenvalue weighted by atomic mass is 10.1. The molecule has 4 heteroatoms. The molecule has 1 N–H and O–H groups in total. The minimum absolute atomic E-state index is 0.0647. The van der Waals surface area contributed by atoms with Crippen molar-refractivity contribution in [1.29, 1.82) is 0 Å². The number of benzene rings is 2. The van der Waals surface area contributed by atoms with Crippen molar-refractivity contribution in [3.63, 3.8) is 0 Å². The maximum atomic E-state index is 11.0. The maximum Gasteiger partial charge on any atom is 0.335 e. The molecule has 1 aliphatic rings. The van der Waals surface area contributed by atoms with Crippen LogP contribution in [0.25, 0.3) is 6.08 Å². The van der Waals surface area contributed by atoms with Gasteiger partial charge >= 0.3 is 5.97 Å². The van der Waals surface area contributed by atoms with Crippen molar-refractivity contribution >= 4 is 12.0 Å². The van der Waals surface area contributed by atoms with E-state index in [0.717, 1.165) is 22.4 Å². The number of hydrogen-bond acceptors (Lipinski definition) is 3. The fourth-order valence-electron chi connectivity index (χ4n) is 2.28. The molecule has 112 valence electrons. The number of fused-ring (bicyclic) bond motifs is 1. The van der Waals surface area contributed by atoms with Crippen molar-refractivity contribution < 1.29 is 19.4 Å². The van der Waals surface area contributed by atoms with Crippen LogP contribution in [0.3, 0.4) is 0 Å². The summed E-state index contributed by atoms with van der Waals surface area (Å²) >= 11 is 0. The SMILES string of the molecule is Cc1ccc(C)c(Oc2ccc3c(c2)OCC(C(=O)O)=C3)c1. The van der Waals surface area contributed by atoms with E-state index in [1.165, 1.54) is 0 Å². The first-order chi connectivity index (χ1) is 10.5. The van der Waals surface area contributed by atoms with E-state index in [9.17, 15) is 4.79 Å². The van der Waals surface area contributed by atoms with Crippen molar-refractivity contribution in [3.05, 3.63) is 58.7 Å². The van der Waals surface area contributed by atoms with Crippen LogP contribution in [-0.4, -0.2) is 17.7 Å². The minimum atomic E-state index is -0.957. The number of hydrogen-bond donors (Lipinski definition) is 1. The van der Waals surface area contributed by atoms with Crippen molar-refractivity contribution in [2.75, 3.05) is 6.61 Å². The first-order valence-electron chi connectivity index (χ1n) is 6.99. The van der Waals surface area contributed by atoms with Gasteiger partial charge in [0.25, 0.3) is 0 Å². The van der Waals surface area contributed by atoms with Gasteiger partial charge in [-0.1, -0.05) is 12.1 Å². The Morgan fingerprint density at radius 2 is 2.00 bits per heavy atom.